The summed E-state index contributed by atoms with van der Waals surface area (Å²) in [6.45, 7) is 7.32. The average molecular weight is 420 g/mol. The molecule has 1 unspecified atom stereocenters. The minimum atomic E-state index is -0.298. The number of likely N-dealkylation sites (tertiary alicyclic amines) is 1. The molecule has 1 aliphatic rings. The topological polar surface area (TPSA) is 74.6 Å². The van der Waals surface area contributed by atoms with Crippen LogP contribution in [0.4, 0.5) is 5.69 Å². The third kappa shape index (κ3) is 5.33. The predicted octanol–water partition coefficient (Wildman–Crippen LogP) is 4.07. The molecule has 1 fully saturated rings. The lowest BCUT2D eigenvalue weighted by molar-refractivity contribution is -0.120. The fourth-order valence-corrected chi connectivity index (χ4v) is 4.00. The SMILES string of the molecule is CC(C)N1CCC(CNC(=O)Cc2ccc(NC(=O)c3cc4ccccc4o3)cc2)C1. The summed E-state index contributed by atoms with van der Waals surface area (Å²) >= 11 is 0. The number of nitrogens with zero attached hydrogens (tertiary/aromatic N) is 1. The molecule has 6 heteroatoms. The smallest absolute Gasteiger partial charge is 0.291 e. The molecule has 0 radical (unpaired) electrons. The van der Waals surface area contributed by atoms with E-state index in [9.17, 15) is 9.59 Å². The highest BCUT2D eigenvalue weighted by Crippen LogP contribution is 2.20. The standard InChI is InChI=1S/C25H29N3O3/c1-17(2)28-12-11-19(16-28)15-26-24(29)13-18-7-9-21(10-8-18)27-25(30)23-14-20-5-3-4-6-22(20)31-23/h3-10,14,17,19H,11-13,15-16H2,1-2H3,(H,26,29)(H,27,30). The van der Waals surface area contributed by atoms with Gasteiger partial charge in [-0.1, -0.05) is 30.3 Å². The number of anilines is 1. The molecule has 1 aromatic heterocycles. The summed E-state index contributed by atoms with van der Waals surface area (Å²) in [7, 11) is 0. The first-order chi connectivity index (χ1) is 15.0. The van der Waals surface area contributed by atoms with Crippen LogP contribution in [0, 0.1) is 5.92 Å². The zero-order valence-corrected chi connectivity index (χ0v) is 18.1. The average Bonchev–Trinajstić information content (AvgIpc) is 3.41. The molecule has 2 N–H and O–H groups in total. The van der Waals surface area contributed by atoms with Crippen LogP contribution in [0.5, 0.6) is 0 Å². The minimum absolute atomic E-state index is 0.0297. The maximum Gasteiger partial charge on any atom is 0.291 e. The molecule has 1 atom stereocenters. The van der Waals surface area contributed by atoms with Gasteiger partial charge in [0.1, 0.15) is 5.58 Å². The fraction of sp³-hybridized carbons (Fsp3) is 0.360. The molecule has 31 heavy (non-hydrogen) atoms. The van der Waals surface area contributed by atoms with Crippen molar-refractivity contribution in [3.8, 4) is 0 Å². The summed E-state index contributed by atoms with van der Waals surface area (Å²) in [5, 5.41) is 6.80. The maximum atomic E-state index is 12.5. The zero-order valence-electron chi connectivity index (χ0n) is 18.1. The molecule has 162 valence electrons. The lowest BCUT2D eigenvalue weighted by atomic mass is 10.1. The van der Waals surface area contributed by atoms with E-state index in [1.807, 2.05) is 36.4 Å². The summed E-state index contributed by atoms with van der Waals surface area (Å²) in [6.07, 6.45) is 1.47. The number of hydrogen-bond donors (Lipinski definition) is 2. The number of carbonyl (C=O) groups excluding carboxylic acids is 2. The number of rotatable bonds is 7. The lowest BCUT2D eigenvalue weighted by Gasteiger charge is -2.20. The van der Waals surface area contributed by atoms with Crippen LogP contribution < -0.4 is 10.6 Å². The number of fused-ring (bicyclic) bond motifs is 1. The normalized spacial score (nSPS) is 16.7. The van der Waals surface area contributed by atoms with Crippen molar-refractivity contribution in [2.45, 2.75) is 32.7 Å². The molecule has 1 aliphatic heterocycles. The van der Waals surface area contributed by atoms with E-state index in [0.717, 1.165) is 37.0 Å². The van der Waals surface area contributed by atoms with Crippen LogP contribution in [-0.2, 0) is 11.2 Å². The van der Waals surface area contributed by atoms with Gasteiger partial charge in [0.2, 0.25) is 5.91 Å². The summed E-state index contributed by atoms with van der Waals surface area (Å²) in [4.78, 5) is 27.2. The van der Waals surface area contributed by atoms with E-state index < -0.39 is 0 Å². The lowest BCUT2D eigenvalue weighted by Crippen LogP contribution is -2.33. The molecular weight excluding hydrogens is 390 g/mol. The number of amides is 2. The largest absolute Gasteiger partial charge is 0.451 e. The molecule has 2 amide bonds. The van der Waals surface area contributed by atoms with Crippen molar-refractivity contribution in [1.82, 2.24) is 10.2 Å². The predicted molar refractivity (Wildman–Crippen MR) is 122 cm³/mol. The molecule has 2 aromatic carbocycles. The van der Waals surface area contributed by atoms with Crippen LogP contribution in [-0.4, -0.2) is 42.4 Å². The number of para-hydroxylation sites is 1. The second kappa shape index (κ2) is 9.35. The second-order valence-electron chi connectivity index (χ2n) is 8.52. The van der Waals surface area contributed by atoms with E-state index in [-0.39, 0.29) is 17.6 Å². The summed E-state index contributed by atoms with van der Waals surface area (Å²) in [5.41, 5.74) is 2.26. The van der Waals surface area contributed by atoms with Crippen molar-refractivity contribution >= 4 is 28.5 Å². The van der Waals surface area contributed by atoms with Gasteiger partial charge in [0.25, 0.3) is 5.91 Å². The van der Waals surface area contributed by atoms with Gasteiger partial charge in [-0.25, -0.2) is 0 Å². The number of hydrogen-bond acceptors (Lipinski definition) is 4. The molecule has 1 saturated heterocycles. The van der Waals surface area contributed by atoms with Crippen molar-refractivity contribution in [2.24, 2.45) is 5.92 Å². The summed E-state index contributed by atoms with van der Waals surface area (Å²) in [6, 6.07) is 17.1. The Bertz CT molecular complexity index is 1020. The van der Waals surface area contributed by atoms with Gasteiger partial charge < -0.3 is 20.0 Å². The molecule has 2 heterocycles. The van der Waals surface area contributed by atoms with Gasteiger partial charge in [0, 0.05) is 30.2 Å². The molecule has 0 spiro atoms. The van der Waals surface area contributed by atoms with Crippen molar-refractivity contribution < 1.29 is 14.0 Å². The van der Waals surface area contributed by atoms with Crippen LogP contribution >= 0.6 is 0 Å². The van der Waals surface area contributed by atoms with Crippen molar-refractivity contribution in [3.05, 3.63) is 65.9 Å². The first kappa shape index (κ1) is 21.1. The van der Waals surface area contributed by atoms with Gasteiger partial charge >= 0.3 is 0 Å². The summed E-state index contributed by atoms with van der Waals surface area (Å²) < 4.78 is 5.60. The molecule has 0 bridgehead atoms. The highest BCUT2D eigenvalue weighted by atomic mass is 16.3. The third-order valence-corrected chi connectivity index (χ3v) is 5.86. The third-order valence-electron chi connectivity index (χ3n) is 5.86. The van der Waals surface area contributed by atoms with Gasteiger partial charge in [-0.05, 0) is 62.6 Å². The van der Waals surface area contributed by atoms with Crippen LogP contribution in [0.3, 0.4) is 0 Å². The fourth-order valence-electron chi connectivity index (χ4n) is 4.00. The molecular formula is C25H29N3O3. The first-order valence-electron chi connectivity index (χ1n) is 10.9. The van der Waals surface area contributed by atoms with Crippen LogP contribution in [0.15, 0.2) is 59.0 Å². The van der Waals surface area contributed by atoms with Crippen LogP contribution in [0.25, 0.3) is 11.0 Å². The first-order valence-corrected chi connectivity index (χ1v) is 10.9. The van der Waals surface area contributed by atoms with Crippen molar-refractivity contribution in [1.29, 1.82) is 0 Å². The Morgan fingerprint density at radius 3 is 2.61 bits per heavy atom. The van der Waals surface area contributed by atoms with Crippen molar-refractivity contribution in [2.75, 3.05) is 25.0 Å². The van der Waals surface area contributed by atoms with E-state index >= 15 is 0 Å². The summed E-state index contributed by atoms with van der Waals surface area (Å²) in [5.74, 6) is 0.533. The molecule has 4 rings (SSSR count). The van der Waals surface area contributed by atoms with Gasteiger partial charge in [0.05, 0.1) is 6.42 Å². The molecule has 0 saturated carbocycles. The minimum Gasteiger partial charge on any atom is -0.451 e. The van der Waals surface area contributed by atoms with E-state index in [0.29, 0.717) is 29.7 Å². The van der Waals surface area contributed by atoms with Crippen molar-refractivity contribution in [3.63, 3.8) is 0 Å². The molecule has 6 nitrogen and oxygen atoms in total. The van der Waals surface area contributed by atoms with E-state index in [1.54, 1.807) is 18.2 Å². The second-order valence-corrected chi connectivity index (χ2v) is 8.52. The van der Waals surface area contributed by atoms with Gasteiger partial charge in [0.15, 0.2) is 5.76 Å². The Hall–Kier alpha value is -3.12. The monoisotopic (exact) mass is 419 g/mol. The zero-order chi connectivity index (χ0) is 21.8. The number of nitrogens with one attached hydrogen (secondary N) is 2. The Balaban J connectivity index is 1.26. The van der Waals surface area contributed by atoms with E-state index in [1.165, 1.54) is 0 Å². The maximum absolute atomic E-state index is 12.5. The Kier molecular flexibility index (Phi) is 6.37. The highest BCUT2D eigenvalue weighted by Gasteiger charge is 2.24. The number of furan rings is 1. The molecule has 3 aromatic rings. The van der Waals surface area contributed by atoms with Gasteiger partial charge in [-0.2, -0.15) is 0 Å². The number of carbonyl (C=O) groups is 2. The van der Waals surface area contributed by atoms with Gasteiger partial charge in [-0.3, -0.25) is 9.59 Å². The Labute approximate surface area is 182 Å². The van der Waals surface area contributed by atoms with E-state index in [4.69, 9.17) is 4.42 Å². The quantitative estimate of drug-likeness (QED) is 0.605. The van der Waals surface area contributed by atoms with E-state index in [2.05, 4.69) is 29.4 Å². The highest BCUT2D eigenvalue weighted by molar-refractivity contribution is 6.04. The Morgan fingerprint density at radius 2 is 1.90 bits per heavy atom. The van der Waals surface area contributed by atoms with Crippen LogP contribution in [0.2, 0.25) is 0 Å². The number of benzene rings is 2. The van der Waals surface area contributed by atoms with Crippen LogP contribution in [0.1, 0.15) is 36.4 Å². The Morgan fingerprint density at radius 1 is 1.13 bits per heavy atom. The molecule has 0 aliphatic carbocycles. The van der Waals surface area contributed by atoms with Gasteiger partial charge in [-0.15, -0.1) is 0 Å².